The van der Waals surface area contributed by atoms with Crippen LogP contribution in [0.15, 0.2) is 24.5 Å². The summed E-state index contributed by atoms with van der Waals surface area (Å²) in [5.41, 5.74) is 2.84. The van der Waals surface area contributed by atoms with Gasteiger partial charge in [-0.25, -0.2) is 15.0 Å². The second-order valence-corrected chi connectivity index (χ2v) is 9.36. The number of aryl methyl sites for hydroxylation is 2. The van der Waals surface area contributed by atoms with Crippen molar-refractivity contribution in [1.82, 2.24) is 24.8 Å². The van der Waals surface area contributed by atoms with Gasteiger partial charge in [-0.3, -0.25) is 4.79 Å². The quantitative estimate of drug-likeness (QED) is 0.557. The molecule has 1 aromatic carbocycles. The zero-order chi connectivity index (χ0) is 24.2. The third kappa shape index (κ3) is 4.90. The average Bonchev–Trinajstić information content (AvgIpc) is 3.09. The van der Waals surface area contributed by atoms with Crippen molar-refractivity contribution < 1.29 is 14.3 Å². The first-order valence-electron chi connectivity index (χ1n) is 12.6. The third-order valence-electron chi connectivity index (χ3n) is 7.15. The largest absolute Gasteiger partial charge is 0.497 e. The van der Waals surface area contributed by atoms with Crippen LogP contribution in [-0.4, -0.2) is 59.3 Å². The number of fused-ring (bicyclic) bond motifs is 3. The van der Waals surface area contributed by atoms with Gasteiger partial charge in [0.15, 0.2) is 17.0 Å². The van der Waals surface area contributed by atoms with Crippen LogP contribution < -0.4 is 19.7 Å². The molecule has 186 valence electrons. The predicted molar refractivity (Wildman–Crippen MR) is 134 cm³/mol. The molecule has 1 N–H and O–H groups in total. The summed E-state index contributed by atoms with van der Waals surface area (Å²) in [6.45, 7) is 3.04. The Morgan fingerprint density at radius 3 is 2.89 bits per heavy atom. The Morgan fingerprint density at radius 2 is 2.03 bits per heavy atom. The number of methoxy groups -OCH3 is 2. The fraction of sp³-hybridized carbons (Fsp3) is 0.538. The van der Waals surface area contributed by atoms with Crippen LogP contribution in [0.3, 0.4) is 0 Å². The van der Waals surface area contributed by atoms with E-state index in [1.54, 1.807) is 20.5 Å². The van der Waals surface area contributed by atoms with Crippen LogP contribution in [0.1, 0.15) is 43.5 Å². The maximum absolute atomic E-state index is 13.0. The molecule has 2 aromatic heterocycles. The number of anilines is 1. The highest BCUT2D eigenvalue weighted by Gasteiger charge is 2.29. The molecule has 0 spiro atoms. The number of benzene rings is 1. The molecule has 0 radical (unpaired) electrons. The first-order chi connectivity index (χ1) is 17.2. The Labute approximate surface area is 205 Å². The summed E-state index contributed by atoms with van der Waals surface area (Å²) in [5, 5.41) is 3.13. The summed E-state index contributed by atoms with van der Waals surface area (Å²) in [7, 11) is 3.28. The summed E-state index contributed by atoms with van der Waals surface area (Å²) in [4.78, 5) is 29.4. The number of piperidine rings is 1. The van der Waals surface area contributed by atoms with Crippen molar-refractivity contribution >= 4 is 22.9 Å². The summed E-state index contributed by atoms with van der Waals surface area (Å²) >= 11 is 0. The zero-order valence-corrected chi connectivity index (χ0v) is 20.6. The third-order valence-corrected chi connectivity index (χ3v) is 7.15. The van der Waals surface area contributed by atoms with E-state index in [1.165, 1.54) is 12.8 Å². The molecule has 0 bridgehead atoms. The number of nitrogens with one attached hydrogen (secondary N) is 1. The van der Waals surface area contributed by atoms with Crippen LogP contribution >= 0.6 is 0 Å². The minimum atomic E-state index is -0.0769. The molecule has 9 heteroatoms. The van der Waals surface area contributed by atoms with E-state index in [0.717, 1.165) is 78.6 Å². The number of imidazole rings is 1. The monoisotopic (exact) mass is 478 g/mol. The molecule has 35 heavy (non-hydrogen) atoms. The molecular weight excluding hydrogens is 444 g/mol. The lowest BCUT2D eigenvalue weighted by atomic mass is 9.97. The highest BCUT2D eigenvalue weighted by molar-refractivity contribution is 5.85. The van der Waals surface area contributed by atoms with Gasteiger partial charge in [-0.05, 0) is 43.7 Å². The van der Waals surface area contributed by atoms with Gasteiger partial charge < -0.3 is 24.3 Å². The van der Waals surface area contributed by atoms with Crippen molar-refractivity contribution in [3.8, 4) is 11.5 Å². The number of hydrogen-bond donors (Lipinski definition) is 1. The highest BCUT2D eigenvalue weighted by Crippen LogP contribution is 2.29. The predicted octanol–water partition coefficient (Wildman–Crippen LogP) is 3.15. The van der Waals surface area contributed by atoms with Gasteiger partial charge in [0.25, 0.3) is 0 Å². The lowest BCUT2D eigenvalue weighted by Crippen LogP contribution is -2.44. The summed E-state index contributed by atoms with van der Waals surface area (Å²) < 4.78 is 13.0. The van der Waals surface area contributed by atoms with Gasteiger partial charge >= 0.3 is 0 Å². The molecule has 2 aliphatic heterocycles. The number of hydrogen-bond acceptors (Lipinski definition) is 7. The van der Waals surface area contributed by atoms with Gasteiger partial charge in [-0.2, -0.15) is 0 Å². The fourth-order valence-electron chi connectivity index (χ4n) is 5.26. The second kappa shape index (κ2) is 10.5. The number of ether oxygens (including phenoxy) is 2. The lowest BCUT2D eigenvalue weighted by Gasteiger charge is -2.32. The van der Waals surface area contributed by atoms with Gasteiger partial charge in [0, 0.05) is 38.7 Å². The van der Waals surface area contributed by atoms with Gasteiger partial charge in [0.05, 0.1) is 20.1 Å². The van der Waals surface area contributed by atoms with E-state index in [1.807, 2.05) is 18.2 Å². The van der Waals surface area contributed by atoms with Crippen molar-refractivity contribution in [3.05, 3.63) is 35.9 Å². The van der Waals surface area contributed by atoms with Crippen molar-refractivity contribution in [1.29, 1.82) is 0 Å². The summed E-state index contributed by atoms with van der Waals surface area (Å²) in [6, 6.07) is 5.77. The van der Waals surface area contributed by atoms with Crippen molar-refractivity contribution in [3.63, 3.8) is 0 Å². The Balaban J connectivity index is 1.24. The Hall–Kier alpha value is -3.36. The summed E-state index contributed by atoms with van der Waals surface area (Å²) in [5.74, 6) is 3.51. The van der Waals surface area contributed by atoms with Crippen molar-refractivity contribution in [2.45, 2.75) is 51.5 Å². The number of nitrogens with zero attached hydrogens (tertiary/aromatic N) is 5. The molecule has 1 fully saturated rings. The van der Waals surface area contributed by atoms with Crippen molar-refractivity contribution in [2.75, 3.05) is 38.8 Å². The Bertz CT molecular complexity index is 1190. The zero-order valence-electron chi connectivity index (χ0n) is 20.6. The molecule has 1 amide bonds. The molecule has 3 aromatic rings. The standard InChI is InChI=1S/C26H34N6O3/c1-34-20-10-9-18(21(15-20)35-2)11-12-27-26(33)19-7-6-13-31(16-19)24-23-25(29-17-28-24)32-14-5-3-4-8-22(32)30-23/h9-10,15,17,19H,3-8,11-14,16H2,1-2H3,(H,27,33)/t19-/m0/s1. The molecule has 5 rings (SSSR count). The van der Waals surface area contributed by atoms with Gasteiger partial charge in [-0.15, -0.1) is 0 Å². The maximum atomic E-state index is 13.0. The van der Waals surface area contributed by atoms with Crippen LogP contribution in [-0.2, 0) is 24.2 Å². The molecule has 1 saturated heterocycles. The normalized spacial score (nSPS) is 18.1. The van der Waals surface area contributed by atoms with Gasteiger partial charge in [-0.1, -0.05) is 12.5 Å². The van der Waals surface area contributed by atoms with Crippen LogP contribution in [0.2, 0.25) is 0 Å². The van der Waals surface area contributed by atoms with E-state index in [4.69, 9.17) is 14.5 Å². The van der Waals surface area contributed by atoms with Crippen LogP contribution in [0.25, 0.3) is 11.2 Å². The fourth-order valence-corrected chi connectivity index (χ4v) is 5.26. The second-order valence-electron chi connectivity index (χ2n) is 9.36. The van der Waals surface area contributed by atoms with Gasteiger partial charge in [0.1, 0.15) is 23.7 Å². The molecular formula is C26H34N6O3. The van der Waals surface area contributed by atoms with Crippen LogP contribution in [0.4, 0.5) is 5.82 Å². The topological polar surface area (TPSA) is 94.4 Å². The molecule has 0 aliphatic carbocycles. The SMILES string of the molecule is COc1ccc(CCNC(=O)[C@H]2CCCN(c3ncnc4c3nc3n4CCCCC3)C2)c(OC)c1. The molecule has 1 atom stereocenters. The average molecular weight is 479 g/mol. The number of rotatable bonds is 7. The number of aromatic nitrogens is 4. The van der Waals surface area contributed by atoms with Gasteiger partial charge in [0.2, 0.25) is 5.91 Å². The van der Waals surface area contributed by atoms with Crippen LogP contribution in [0, 0.1) is 5.92 Å². The van der Waals surface area contributed by atoms with E-state index in [2.05, 4.69) is 24.8 Å². The molecule has 0 unspecified atom stereocenters. The maximum Gasteiger partial charge on any atom is 0.224 e. The van der Waals surface area contributed by atoms with E-state index < -0.39 is 0 Å². The number of carbonyl (C=O) groups excluding carboxylic acids is 1. The van der Waals surface area contributed by atoms with E-state index in [0.29, 0.717) is 19.5 Å². The van der Waals surface area contributed by atoms with Crippen molar-refractivity contribution in [2.24, 2.45) is 5.92 Å². The smallest absolute Gasteiger partial charge is 0.224 e. The number of amides is 1. The molecule has 4 heterocycles. The number of carbonyl (C=O) groups is 1. The molecule has 9 nitrogen and oxygen atoms in total. The Morgan fingerprint density at radius 1 is 1.11 bits per heavy atom. The summed E-state index contributed by atoms with van der Waals surface area (Å²) in [6.07, 6.45) is 8.71. The van der Waals surface area contributed by atoms with E-state index in [-0.39, 0.29) is 11.8 Å². The minimum absolute atomic E-state index is 0.0769. The highest BCUT2D eigenvalue weighted by atomic mass is 16.5. The first kappa shape index (κ1) is 23.4. The first-order valence-corrected chi connectivity index (χ1v) is 12.6. The van der Waals surface area contributed by atoms with E-state index in [9.17, 15) is 4.79 Å². The Kier molecular flexibility index (Phi) is 7.01. The lowest BCUT2D eigenvalue weighted by molar-refractivity contribution is -0.125. The van der Waals surface area contributed by atoms with E-state index >= 15 is 0 Å². The molecule has 0 saturated carbocycles. The van der Waals surface area contributed by atoms with Crippen LogP contribution in [0.5, 0.6) is 11.5 Å². The minimum Gasteiger partial charge on any atom is -0.497 e. The molecule has 2 aliphatic rings.